The Balaban J connectivity index is 1.95. The molecule has 0 radical (unpaired) electrons. The number of para-hydroxylation sites is 1. The standard InChI is InChI=1S/C15H20N2O5S/c1-9-4-3-5-12(13(9)16)15(19)22-10(2)14(18)17-11-6-7-23(20,21)8-11/h3-5,10-11H,6-8,16H2,1-2H3,(H,17,18)/t10-,11+/m1/s1. The first-order valence-electron chi connectivity index (χ1n) is 7.26. The number of aryl methyl sites for hydroxylation is 1. The number of hydrogen-bond donors (Lipinski definition) is 2. The molecule has 23 heavy (non-hydrogen) atoms. The summed E-state index contributed by atoms with van der Waals surface area (Å²) < 4.78 is 27.9. The zero-order valence-electron chi connectivity index (χ0n) is 13.0. The first kappa shape index (κ1) is 17.3. The van der Waals surface area contributed by atoms with Crippen molar-refractivity contribution in [3.05, 3.63) is 29.3 Å². The number of amides is 1. The van der Waals surface area contributed by atoms with E-state index in [1.54, 1.807) is 19.1 Å². The van der Waals surface area contributed by atoms with Gasteiger partial charge in [0.25, 0.3) is 5.91 Å². The van der Waals surface area contributed by atoms with E-state index in [2.05, 4.69) is 5.32 Å². The predicted octanol–water partition coefficient (Wildman–Crippen LogP) is 0.426. The van der Waals surface area contributed by atoms with E-state index in [0.29, 0.717) is 12.1 Å². The van der Waals surface area contributed by atoms with Gasteiger partial charge in [0.15, 0.2) is 15.9 Å². The van der Waals surface area contributed by atoms with Crippen molar-refractivity contribution in [2.75, 3.05) is 17.2 Å². The Morgan fingerprint density at radius 1 is 1.39 bits per heavy atom. The average Bonchev–Trinajstić information content (AvgIpc) is 2.80. The number of nitrogens with two attached hydrogens (primary N) is 1. The molecular formula is C15H20N2O5S. The van der Waals surface area contributed by atoms with Gasteiger partial charge in [0.05, 0.1) is 17.1 Å². The topological polar surface area (TPSA) is 116 Å². The van der Waals surface area contributed by atoms with Crippen LogP contribution in [0.4, 0.5) is 5.69 Å². The maximum Gasteiger partial charge on any atom is 0.341 e. The van der Waals surface area contributed by atoms with Crippen LogP contribution < -0.4 is 11.1 Å². The molecule has 3 N–H and O–H groups in total. The van der Waals surface area contributed by atoms with Crippen molar-refractivity contribution in [3.8, 4) is 0 Å². The molecule has 1 aromatic carbocycles. The first-order valence-corrected chi connectivity index (χ1v) is 9.08. The molecule has 0 unspecified atom stereocenters. The molecule has 8 heteroatoms. The molecule has 126 valence electrons. The highest BCUT2D eigenvalue weighted by Crippen LogP contribution is 2.18. The van der Waals surface area contributed by atoms with Gasteiger partial charge in [0.1, 0.15) is 0 Å². The highest BCUT2D eigenvalue weighted by molar-refractivity contribution is 7.91. The number of carbonyl (C=O) groups excluding carboxylic acids is 2. The number of hydrogen-bond acceptors (Lipinski definition) is 6. The van der Waals surface area contributed by atoms with Gasteiger partial charge in [-0.15, -0.1) is 0 Å². The Labute approximate surface area is 135 Å². The number of sulfone groups is 1. The lowest BCUT2D eigenvalue weighted by Gasteiger charge is -2.17. The molecule has 2 atom stereocenters. The van der Waals surface area contributed by atoms with E-state index in [1.807, 2.05) is 0 Å². The van der Waals surface area contributed by atoms with Crippen LogP contribution in [0.15, 0.2) is 18.2 Å². The van der Waals surface area contributed by atoms with Crippen LogP contribution in [0.3, 0.4) is 0 Å². The quantitative estimate of drug-likeness (QED) is 0.606. The Kier molecular flexibility index (Phi) is 4.93. The first-order chi connectivity index (χ1) is 10.7. The summed E-state index contributed by atoms with van der Waals surface area (Å²) in [6, 6.07) is 4.54. The Morgan fingerprint density at radius 2 is 2.09 bits per heavy atom. The third-order valence-corrected chi connectivity index (χ3v) is 5.54. The van der Waals surface area contributed by atoms with Gasteiger partial charge in [-0.2, -0.15) is 0 Å². The second kappa shape index (κ2) is 6.57. The van der Waals surface area contributed by atoms with Gasteiger partial charge in [-0.1, -0.05) is 12.1 Å². The van der Waals surface area contributed by atoms with Crippen molar-refractivity contribution in [2.24, 2.45) is 0 Å². The Bertz CT molecular complexity index is 729. The number of benzene rings is 1. The number of carbonyl (C=O) groups is 2. The fraction of sp³-hybridized carbons (Fsp3) is 0.467. The van der Waals surface area contributed by atoms with Crippen LogP contribution in [0, 0.1) is 6.92 Å². The van der Waals surface area contributed by atoms with Crippen LogP contribution in [-0.2, 0) is 19.4 Å². The predicted molar refractivity (Wildman–Crippen MR) is 85.7 cm³/mol. The largest absolute Gasteiger partial charge is 0.449 e. The smallest absolute Gasteiger partial charge is 0.341 e. The molecule has 0 spiro atoms. The van der Waals surface area contributed by atoms with E-state index >= 15 is 0 Å². The molecule has 1 fully saturated rings. The van der Waals surface area contributed by atoms with Crippen LogP contribution in [0.2, 0.25) is 0 Å². The summed E-state index contributed by atoms with van der Waals surface area (Å²) in [6.45, 7) is 3.20. The molecule has 1 aliphatic heterocycles. The summed E-state index contributed by atoms with van der Waals surface area (Å²) in [5, 5.41) is 2.59. The molecule has 1 heterocycles. The molecule has 0 aliphatic carbocycles. The fourth-order valence-electron chi connectivity index (χ4n) is 2.36. The molecule has 2 rings (SSSR count). The zero-order chi connectivity index (χ0) is 17.2. The Morgan fingerprint density at radius 3 is 2.70 bits per heavy atom. The van der Waals surface area contributed by atoms with Gasteiger partial charge in [-0.05, 0) is 31.9 Å². The lowest BCUT2D eigenvalue weighted by atomic mass is 10.1. The molecule has 1 amide bonds. The van der Waals surface area contributed by atoms with E-state index < -0.39 is 33.9 Å². The summed E-state index contributed by atoms with van der Waals surface area (Å²) in [5.74, 6) is -1.23. The number of ether oxygens (including phenoxy) is 1. The van der Waals surface area contributed by atoms with Crippen LogP contribution in [0.25, 0.3) is 0 Å². The minimum Gasteiger partial charge on any atom is -0.449 e. The summed E-state index contributed by atoms with van der Waals surface area (Å²) in [6.07, 6.45) is -0.662. The van der Waals surface area contributed by atoms with Gasteiger partial charge in [-0.25, -0.2) is 13.2 Å². The highest BCUT2D eigenvalue weighted by atomic mass is 32.2. The van der Waals surface area contributed by atoms with Gasteiger partial charge >= 0.3 is 5.97 Å². The summed E-state index contributed by atoms with van der Waals surface area (Å²) in [5.41, 5.74) is 7.09. The number of rotatable bonds is 4. The van der Waals surface area contributed by atoms with E-state index in [9.17, 15) is 18.0 Å². The number of anilines is 1. The summed E-state index contributed by atoms with van der Waals surface area (Å²) in [7, 11) is -3.08. The zero-order valence-corrected chi connectivity index (χ0v) is 13.9. The Hall–Kier alpha value is -2.09. The van der Waals surface area contributed by atoms with Crippen molar-refractivity contribution in [1.82, 2.24) is 5.32 Å². The molecule has 1 aliphatic rings. The van der Waals surface area contributed by atoms with Crippen LogP contribution in [-0.4, -0.2) is 43.9 Å². The molecule has 7 nitrogen and oxygen atoms in total. The molecule has 1 saturated heterocycles. The van der Waals surface area contributed by atoms with E-state index in [0.717, 1.165) is 5.56 Å². The average molecular weight is 340 g/mol. The van der Waals surface area contributed by atoms with Crippen molar-refractivity contribution in [3.63, 3.8) is 0 Å². The molecule has 0 bridgehead atoms. The van der Waals surface area contributed by atoms with Crippen molar-refractivity contribution in [1.29, 1.82) is 0 Å². The minimum atomic E-state index is -3.08. The third kappa shape index (κ3) is 4.22. The second-order valence-electron chi connectivity index (χ2n) is 5.69. The maximum atomic E-state index is 12.1. The molecule has 0 aromatic heterocycles. The van der Waals surface area contributed by atoms with Gasteiger partial charge < -0.3 is 15.8 Å². The number of nitrogens with one attached hydrogen (secondary N) is 1. The third-order valence-electron chi connectivity index (χ3n) is 3.78. The number of nitrogen functional groups attached to an aromatic ring is 1. The molecule has 1 aromatic rings. The van der Waals surface area contributed by atoms with Gasteiger partial charge in [0, 0.05) is 11.7 Å². The molecule has 0 saturated carbocycles. The molecular weight excluding hydrogens is 320 g/mol. The fourth-order valence-corrected chi connectivity index (χ4v) is 4.04. The maximum absolute atomic E-state index is 12.1. The summed E-state index contributed by atoms with van der Waals surface area (Å²) in [4.78, 5) is 24.1. The number of esters is 1. The lowest BCUT2D eigenvalue weighted by Crippen LogP contribution is -2.42. The summed E-state index contributed by atoms with van der Waals surface area (Å²) >= 11 is 0. The SMILES string of the molecule is Cc1cccc(C(=O)O[C@H](C)C(=O)N[C@H]2CCS(=O)(=O)C2)c1N. The van der Waals surface area contributed by atoms with Crippen LogP contribution >= 0.6 is 0 Å². The normalized spacial score (nSPS) is 20.7. The van der Waals surface area contributed by atoms with E-state index in [-0.39, 0.29) is 17.1 Å². The van der Waals surface area contributed by atoms with Crippen LogP contribution in [0.1, 0.15) is 29.3 Å². The van der Waals surface area contributed by atoms with Crippen molar-refractivity contribution < 1.29 is 22.7 Å². The van der Waals surface area contributed by atoms with Crippen molar-refractivity contribution in [2.45, 2.75) is 32.4 Å². The van der Waals surface area contributed by atoms with Crippen LogP contribution in [0.5, 0.6) is 0 Å². The lowest BCUT2D eigenvalue weighted by molar-refractivity contribution is -0.129. The van der Waals surface area contributed by atoms with E-state index in [1.165, 1.54) is 13.0 Å². The van der Waals surface area contributed by atoms with E-state index in [4.69, 9.17) is 10.5 Å². The van der Waals surface area contributed by atoms with Crippen molar-refractivity contribution >= 4 is 27.4 Å². The second-order valence-corrected chi connectivity index (χ2v) is 7.92. The highest BCUT2D eigenvalue weighted by Gasteiger charge is 2.31. The minimum absolute atomic E-state index is 0.0614. The van der Waals surface area contributed by atoms with Gasteiger partial charge in [-0.3, -0.25) is 4.79 Å². The monoisotopic (exact) mass is 340 g/mol. The van der Waals surface area contributed by atoms with Gasteiger partial charge in [0.2, 0.25) is 0 Å².